The summed E-state index contributed by atoms with van der Waals surface area (Å²) >= 11 is 0. The van der Waals surface area contributed by atoms with Crippen molar-refractivity contribution in [2.24, 2.45) is 5.41 Å². The maximum Gasteiger partial charge on any atom is 0.142 e. The van der Waals surface area contributed by atoms with Crippen molar-refractivity contribution in [1.29, 1.82) is 5.26 Å². The van der Waals surface area contributed by atoms with Crippen molar-refractivity contribution in [3.63, 3.8) is 0 Å². The Morgan fingerprint density at radius 1 is 1.25 bits per heavy atom. The second-order valence-electron chi connectivity index (χ2n) is 6.44. The van der Waals surface area contributed by atoms with Crippen LogP contribution < -0.4 is 4.90 Å². The lowest BCUT2D eigenvalue weighted by Gasteiger charge is -2.42. The summed E-state index contributed by atoms with van der Waals surface area (Å²) in [5.74, 6) is 0.507. The van der Waals surface area contributed by atoms with E-state index in [0.29, 0.717) is 24.2 Å². The zero-order valence-corrected chi connectivity index (χ0v) is 13.5. The highest BCUT2D eigenvalue weighted by molar-refractivity contribution is 5.42. The molecule has 4 nitrogen and oxygen atoms in total. The molecule has 2 heterocycles. The van der Waals surface area contributed by atoms with Crippen LogP contribution in [0.5, 0.6) is 0 Å². The number of halogens is 1. The SMILES string of the molecule is N#Cc1cccc(N2CCCC(CO)(Cc3ccccc3F)C2)n1. The van der Waals surface area contributed by atoms with Crippen molar-refractivity contribution in [2.75, 3.05) is 24.6 Å². The van der Waals surface area contributed by atoms with E-state index in [0.717, 1.165) is 25.2 Å². The third kappa shape index (κ3) is 3.39. The van der Waals surface area contributed by atoms with Crippen LogP contribution in [-0.4, -0.2) is 29.8 Å². The van der Waals surface area contributed by atoms with E-state index in [4.69, 9.17) is 5.26 Å². The molecule has 2 aromatic rings. The van der Waals surface area contributed by atoms with Gasteiger partial charge in [0.2, 0.25) is 0 Å². The van der Waals surface area contributed by atoms with E-state index < -0.39 is 5.41 Å². The Morgan fingerprint density at radius 3 is 2.83 bits per heavy atom. The molecule has 1 unspecified atom stereocenters. The molecule has 1 aliphatic rings. The van der Waals surface area contributed by atoms with Gasteiger partial charge >= 0.3 is 0 Å². The number of aliphatic hydroxyl groups is 1. The number of piperidine rings is 1. The quantitative estimate of drug-likeness (QED) is 0.939. The third-order valence-corrected chi connectivity index (χ3v) is 4.69. The van der Waals surface area contributed by atoms with Gasteiger partial charge in [0, 0.05) is 18.5 Å². The average Bonchev–Trinajstić information content (AvgIpc) is 2.64. The van der Waals surface area contributed by atoms with Crippen LogP contribution in [-0.2, 0) is 6.42 Å². The van der Waals surface area contributed by atoms with Crippen LogP contribution in [0.15, 0.2) is 42.5 Å². The molecule has 0 amide bonds. The molecule has 0 saturated carbocycles. The number of aliphatic hydroxyl groups excluding tert-OH is 1. The molecule has 0 spiro atoms. The fraction of sp³-hybridized carbons (Fsp3) is 0.368. The zero-order valence-electron chi connectivity index (χ0n) is 13.5. The number of aromatic nitrogens is 1. The summed E-state index contributed by atoms with van der Waals surface area (Å²) < 4.78 is 14.0. The number of anilines is 1. The van der Waals surface area contributed by atoms with Crippen LogP contribution in [0.25, 0.3) is 0 Å². The lowest BCUT2D eigenvalue weighted by molar-refractivity contribution is 0.104. The van der Waals surface area contributed by atoms with Crippen molar-refractivity contribution in [3.05, 3.63) is 59.5 Å². The van der Waals surface area contributed by atoms with Crippen LogP contribution in [0.1, 0.15) is 24.1 Å². The Morgan fingerprint density at radius 2 is 2.08 bits per heavy atom. The smallest absolute Gasteiger partial charge is 0.142 e. The topological polar surface area (TPSA) is 60.2 Å². The monoisotopic (exact) mass is 325 g/mol. The van der Waals surface area contributed by atoms with Crippen molar-refractivity contribution in [3.8, 4) is 6.07 Å². The van der Waals surface area contributed by atoms with Gasteiger partial charge in [0.15, 0.2) is 0 Å². The predicted molar refractivity (Wildman–Crippen MR) is 90.0 cm³/mol. The molecule has 5 heteroatoms. The fourth-order valence-corrected chi connectivity index (χ4v) is 3.44. The Balaban J connectivity index is 1.84. The first-order valence-corrected chi connectivity index (χ1v) is 8.12. The van der Waals surface area contributed by atoms with Crippen LogP contribution >= 0.6 is 0 Å². The number of benzene rings is 1. The standard InChI is InChI=1S/C19H20FN3O/c20-17-7-2-1-5-15(17)11-19(14-24)9-4-10-23(13-19)18-8-3-6-16(12-21)22-18/h1-3,5-8,24H,4,9-11,13-14H2. The largest absolute Gasteiger partial charge is 0.396 e. The second-order valence-corrected chi connectivity index (χ2v) is 6.44. The van der Waals surface area contributed by atoms with Gasteiger partial charge < -0.3 is 10.0 Å². The summed E-state index contributed by atoms with van der Waals surface area (Å²) in [5, 5.41) is 19.1. The number of nitrogens with zero attached hydrogens (tertiary/aromatic N) is 3. The second kappa shape index (κ2) is 6.98. The molecule has 1 aliphatic heterocycles. The van der Waals surface area contributed by atoms with E-state index in [9.17, 15) is 9.50 Å². The minimum atomic E-state index is -0.398. The van der Waals surface area contributed by atoms with E-state index >= 15 is 0 Å². The number of nitriles is 1. The van der Waals surface area contributed by atoms with Crippen LogP contribution in [0, 0.1) is 22.6 Å². The van der Waals surface area contributed by atoms with Crippen molar-refractivity contribution < 1.29 is 9.50 Å². The number of hydrogen-bond acceptors (Lipinski definition) is 4. The lowest BCUT2D eigenvalue weighted by Crippen LogP contribution is -2.47. The normalized spacial score (nSPS) is 20.6. The molecule has 1 saturated heterocycles. The Hall–Kier alpha value is -2.45. The van der Waals surface area contributed by atoms with Gasteiger partial charge in [-0.2, -0.15) is 5.26 Å². The Bertz CT molecular complexity index is 758. The first-order chi connectivity index (χ1) is 11.7. The summed E-state index contributed by atoms with van der Waals surface area (Å²) in [6, 6.07) is 14.1. The lowest BCUT2D eigenvalue weighted by atomic mass is 9.75. The molecular weight excluding hydrogens is 305 g/mol. The minimum absolute atomic E-state index is 0.00419. The maximum absolute atomic E-state index is 14.0. The summed E-state index contributed by atoms with van der Waals surface area (Å²) in [5.41, 5.74) is 0.610. The molecule has 124 valence electrons. The van der Waals surface area contributed by atoms with E-state index in [1.54, 1.807) is 18.2 Å². The van der Waals surface area contributed by atoms with Gasteiger partial charge in [0.1, 0.15) is 23.4 Å². The fourth-order valence-electron chi connectivity index (χ4n) is 3.44. The van der Waals surface area contributed by atoms with Gasteiger partial charge in [-0.3, -0.25) is 0 Å². The molecule has 0 aliphatic carbocycles. The van der Waals surface area contributed by atoms with Crippen molar-refractivity contribution in [1.82, 2.24) is 4.98 Å². The number of rotatable bonds is 4. The van der Waals surface area contributed by atoms with E-state index in [1.165, 1.54) is 6.07 Å². The highest BCUT2D eigenvalue weighted by Gasteiger charge is 2.36. The highest BCUT2D eigenvalue weighted by atomic mass is 19.1. The molecule has 0 radical (unpaired) electrons. The third-order valence-electron chi connectivity index (χ3n) is 4.69. The molecule has 1 fully saturated rings. The van der Waals surface area contributed by atoms with Crippen LogP contribution in [0.4, 0.5) is 10.2 Å². The average molecular weight is 325 g/mol. The first-order valence-electron chi connectivity index (χ1n) is 8.12. The number of pyridine rings is 1. The molecule has 1 aromatic heterocycles. The van der Waals surface area contributed by atoms with Gasteiger partial charge in [-0.25, -0.2) is 9.37 Å². The highest BCUT2D eigenvalue weighted by Crippen LogP contribution is 2.35. The van der Waals surface area contributed by atoms with Gasteiger partial charge in [-0.15, -0.1) is 0 Å². The molecule has 3 rings (SSSR count). The van der Waals surface area contributed by atoms with Gasteiger partial charge in [0.05, 0.1) is 6.61 Å². The molecule has 1 aromatic carbocycles. The van der Waals surface area contributed by atoms with E-state index in [-0.39, 0.29) is 12.4 Å². The van der Waals surface area contributed by atoms with Crippen LogP contribution in [0.3, 0.4) is 0 Å². The molecule has 0 bridgehead atoms. The van der Waals surface area contributed by atoms with Gasteiger partial charge in [0.25, 0.3) is 0 Å². The summed E-state index contributed by atoms with van der Waals surface area (Å²) in [7, 11) is 0. The van der Waals surface area contributed by atoms with Crippen molar-refractivity contribution in [2.45, 2.75) is 19.3 Å². The van der Waals surface area contributed by atoms with E-state index in [1.807, 2.05) is 18.2 Å². The summed E-state index contributed by atoms with van der Waals surface area (Å²) in [6.07, 6.45) is 2.23. The van der Waals surface area contributed by atoms with Crippen LogP contribution in [0.2, 0.25) is 0 Å². The maximum atomic E-state index is 14.0. The zero-order chi connectivity index (χ0) is 17.0. The Labute approximate surface area is 141 Å². The molecule has 1 N–H and O–H groups in total. The number of hydrogen-bond donors (Lipinski definition) is 1. The van der Waals surface area contributed by atoms with E-state index in [2.05, 4.69) is 16.0 Å². The summed E-state index contributed by atoms with van der Waals surface area (Å²) in [6.45, 7) is 1.41. The minimum Gasteiger partial charge on any atom is -0.396 e. The molecule has 1 atom stereocenters. The van der Waals surface area contributed by atoms with Gasteiger partial charge in [-0.1, -0.05) is 24.3 Å². The summed E-state index contributed by atoms with van der Waals surface area (Å²) in [4.78, 5) is 6.43. The van der Waals surface area contributed by atoms with Gasteiger partial charge in [-0.05, 0) is 43.0 Å². The predicted octanol–water partition coefficient (Wildman–Crippen LogP) is 2.91. The molecular formula is C19H20FN3O. The Kier molecular flexibility index (Phi) is 4.77. The first kappa shape index (κ1) is 16.4. The molecule has 24 heavy (non-hydrogen) atoms. The van der Waals surface area contributed by atoms with Crippen molar-refractivity contribution >= 4 is 5.82 Å².